The van der Waals surface area contributed by atoms with Crippen LogP contribution in [0.5, 0.6) is 0 Å². The molecule has 0 saturated heterocycles. The van der Waals surface area contributed by atoms with Crippen LogP contribution in [0.4, 0.5) is 0 Å². The highest BCUT2D eigenvalue weighted by atomic mass is 16.3. The van der Waals surface area contributed by atoms with Crippen molar-refractivity contribution in [2.45, 2.75) is 18.9 Å². The number of hydrogen-bond acceptors (Lipinski definition) is 2. The Morgan fingerprint density at radius 1 is 1.29 bits per heavy atom. The molecule has 2 nitrogen and oxygen atoms in total. The fourth-order valence-electron chi connectivity index (χ4n) is 1.80. The van der Waals surface area contributed by atoms with Gasteiger partial charge in [-0.25, -0.2) is 0 Å². The SMILES string of the molecule is O=CC1=Cc2ccccc2C[C@@H](O)C1. The van der Waals surface area contributed by atoms with Gasteiger partial charge in [-0.3, -0.25) is 4.79 Å². The maximum absolute atomic E-state index is 10.7. The molecule has 0 radical (unpaired) electrons. The first kappa shape index (κ1) is 9.16. The molecule has 1 atom stereocenters. The van der Waals surface area contributed by atoms with Gasteiger partial charge in [-0.1, -0.05) is 24.3 Å². The predicted octanol–water partition coefficient (Wildman–Crippen LogP) is 1.58. The summed E-state index contributed by atoms with van der Waals surface area (Å²) >= 11 is 0. The van der Waals surface area contributed by atoms with E-state index in [1.165, 1.54) is 0 Å². The minimum atomic E-state index is -0.435. The van der Waals surface area contributed by atoms with E-state index in [-0.39, 0.29) is 0 Å². The number of rotatable bonds is 1. The van der Waals surface area contributed by atoms with E-state index in [0.29, 0.717) is 18.4 Å². The minimum Gasteiger partial charge on any atom is -0.392 e. The van der Waals surface area contributed by atoms with Crippen LogP contribution in [0.2, 0.25) is 0 Å². The van der Waals surface area contributed by atoms with E-state index >= 15 is 0 Å². The summed E-state index contributed by atoms with van der Waals surface area (Å²) in [6.07, 6.45) is 3.33. The highest BCUT2D eigenvalue weighted by molar-refractivity contribution is 5.82. The zero-order valence-corrected chi connectivity index (χ0v) is 7.81. The van der Waals surface area contributed by atoms with Gasteiger partial charge in [-0.2, -0.15) is 0 Å². The van der Waals surface area contributed by atoms with Gasteiger partial charge in [0.2, 0.25) is 0 Å². The van der Waals surface area contributed by atoms with Crippen LogP contribution >= 0.6 is 0 Å². The normalized spacial score (nSPS) is 20.6. The van der Waals surface area contributed by atoms with Gasteiger partial charge in [-0.15, -0.1) is 0 Å². The van der Waals surface area contributed by atoms with Gasteiger partial charge >= 0.3 is 0 Å². The quantitative estimate of drug-likeness (QED) is 0.679. The van der Waals surface area contributed by atoms with Crippen molar-refractivity contribution >= 4 is 12.4 Å². The van der Waals surface area contributed by atoms with Crippen molar-refractivity contribution in [2.24, 2.45) is 0 Å². The molecule has 0 spiro atoms. The van der Waals surface area contributed by atoms with Crippen molar-refractivity contribution in [1.82, 2.24) is 0 Å². The van der Waals surface area contributed by atoms with E-state index in [1.807, 2.05) is 30.3 Å². The lowest BCUT2D eigenvalue weighted by Gasteiger charge is -2.07. The van der Waals surface area contributed by atoms with Crippen LogP contribution in [0.3, 0.4) is 0 Å². The molecule has 14 heavy (non-hydrogen) atoms. The Kier molecular flexibility index (Phi) is 2.46. The Labute approximate surface area is 82.9 Å². The largest absolute Gasteiger partial charge is 0.392 e. The van der Waals surface area contributed by atoms with Gasteiger partial charge in [0.05, 0.1) is 6.10 Å². The molecule has 0 aliphatic heterocycles. The van der Waals surface area contributed by atoms with Crippen molar-refractivity contribution < 1.29 is 9.90 Å². The first-order valence-electron chi connectivity index (χ1n) is 4.71. The van der Waals surface area contributed by atoms with E-state index in [4.69, 9.17) is 0 Å². The summed E-state index contributed by atoms with van der Waals surface area (Å²) in [5, 5.41) is 9.64. The first-order chi connectivity index (χ1) is 6.79. The lowest BCUT2D eigenvalue weighted by Crippen LogP contribution is -2.10. The standard InChI is InChI=1S/C12H12O2/c13-8-9-5-10-3-1-2-4-11(10)7-12(14)6-9/h1-5,8,12,14H,6-7H2/t12-/m0/s1. The molecule has 1 aromatic carbocycles. The molecule has 0 bridgehead atoms. The van der Waals surface area contributed by atoms with Gasteiger partial charge < -0.3 is 5.11 Å². The van der Waals surface area contributed by atoms with Crippen molar-refractivity contribution in [3.63, 3.8) is 0 Å². The van der Waals surface area contributed by atoms with Gasteiger partial charge in [0.15, 0.2) is 0 Å². The summed E-state index contributed by atoms with van der Waals surface area (Å²) in [6.45, 7) is 0. The zero-order chi connectivity index (χ0) is 9.97. The molecule has 1 aromatic rings. The number of aliphatic hydroxyl groups is 1. The fourth-order valence-corrected chi connectivity index (χ4v) is 1.80. The molecule has 1 aliphatic rings. The average molecular weight is 188 g/mol. The summed E-state index contributed by atoms with van der Waals surface area (Å²) in [5.41, 5.74) is 2.82. The molecule has 0 fully saturated rings. The molecule has 0 saturated carbocycles. The van der Waals surface area contributed by atoms with Gasteiger partial charge in [0, 0.05) is 6.42 Å². The minimum absolute atomic E-state index is 0.435. The van der Waals surface area contributed by atoms with Crippen LogP contribution in [-0.2, 0) is 11.2 Å². The number of hydrogen-bond donors (Lipinski definition) is 1. The summed E-state index contributed by atoms with van der Waals surface area (Å²) in [7, 11) is 0. The number of fused-ring (bicyclic) bond motifs is 1. The predicted molar refractivity (Wildman–Crippen MR) is 54.8 cm³/mol. The lowest BCUT2D eigenvalue weighted by molar-refractivity contribution is -0.105. The molecule has 2 heteroatoms. The average Bonchev–Trinajstić information content (AvgIpc) is 2.35. The van der Waals surface area contributed by atoms with Crippen LogP contribution in [0.1, 0.15) is 17.5 Å². The molecular formula is C12H12O2. The summed E-state index contributed by atoms with van der Waals surface area (Å²) < 4.78 is 0. The third-order valence-corrected chi connectivity index (χ3v) is 2.47. The molecule has 0 aromatic heterocycles. The monoisotopic (exact) mass is 188 g/mol. The molecule has 2 rings (SSSR count). The van der Waals surface area contributed by atoms with E-state index in [9.17, 15) is 9.90 Å². The summed E-state index contributed by atoms with van der Waals surface area (Å²) in [5.74, 6) is 0. The van der Waals surface area contributed by atoms with E-state index in [0.717, 1.165) is 17.4 Å². The highest BCUT2D eigenvalue weighted by Crippen LogP contribution is 2.21. The van der Waals surface area contributed by atoms with Gasteiger partial charge in [0.1, 0.15) is 6.29 Å². The van der Waals surface area contributed by atoms with Crippen molar-refractivity contribution in [3.05, 3.63) is 41.0 Å². The Hall–Kier alpha value is -1.41. The van der Waals surface area contributed by atoms with E-state index in [1.54, 1.807) is 0 Å². The Bertz CT molecular complexity index is 380. The second-order valence-corrected chi connectivity index (χ2v) is 3.60. The Balaban J connectivity index is 2.47. The zero-order valence-electron chi connectivity index (χ0n) is 7.81. The summed E-state index contributed by atoms with van der Waals surface area (Å²) in [4.78, 5) is 10.7. The maximum Gasteiger partial charge on any atom is 0.146 e. The lowest BCUT2D eigenvalue weighted by atomic mass is 10.0. The van der Waals surface area contributed by atoms with Crippen LogP contribution in [0.15, 0.2) is 29.8 Å². The van der Waals surface area contributed by atoms with Crippen molar-refractivity contribution in [2.75, 3.05) is 0 Å². The second kappa shape index (κ2) is 3.76. The Morgan fingerprint density at radius 3 is 2.86 bits per heavy atom. The van der Waals surface area contributed by atoms with Gasteiger partial charge in [0.25, 0.3) is 0 Å². The number of carbonyl (C=O) groups is 1. The molecule has 1 aliphatic carbocycles. The smallest absolute Gasteiger partial charge is 0.146 e. The topological polar surface area (TPSA) is 37.3 Å². The highest BCUT2D eigenvalue weighted by Gasteiger charge is 2.14. The Morgan fingerprint density at radius 2 is 2.07 bits per heavy atom. The first-order valence-corrected chi connectivity index (χ1v) is 4.71. The third kappa shape index (κ3) is 1.75. The van der Waals surface area contributed by atoms with Gasteiger partial charge in [-0.05, 0) is 29.2 Å². The summed E-state index contributed by atoms with van der Waals surface area (Å²) in [6, 6.07) is 7.85. The molecular weight excluding hydrogens is 176 g/mol. The van der Waals surface area contributed by atoms with Crippen LogP contribution in [-0.4, -0.2) is 17.5 Å². The second-order valence-electron chi connectivity index (χ2n) is 3.60. The van der Waals surface area contributed by atoms with Crippen molar-refractivity contribution in [1.29, 1.82) is 0 Å². The number of benzene rings is 1. The molecule has 72 valence electrons. The maximum atomic E-state index is 10.7. The molecule has 0 heterocycles. The fraction of sp³-hybridized carbons (Fsp3) is 0.250. The van der Waals surface area contributed by atoms with Crippen LogP contribution < -0.4 is 0 Å². The molecule has 1 N–H and O–H groups in total. The number of aliphatic hydroxyl groups excluding tert-OH is 1. The van der Waals surface area contributed by atoms with Crippen LogP contribution in [0.25, 0.3) is 6.08 Å². The van der Waals surface area contributed by atoms with E-state index < -0.39 is 6.10 Å². The van der Waals surface area contributed by atoms with E-state index in [2.05, 4.69) is 0 Å². The molecule has 0 amide bonds. The van der Waals surface area contributed by atoms with Crippen LogP contribution in [0, 0.1) is 0 Å². The number of carbonyl (C=O) groups excluding carboxylic acids is 1. The third-order valence-electron chi connectivity index (χ3n) is 2.47. The van der Waals surface area contributed by atoms with Crippen molar-refractivity contribution in [3.8, 4) is 0 Å². The number of aldehydes is 1. The molecule has 0 unspecified atom stereocenters.